The van der Waals surface area contributed by atoms with Crippen LogP contribution in [-0.4, -0.2) is 5.11 Å². The molecule has 0 saturated carbocycles. The Morgan fingerprint density at radius 3 is 2.38 bits per heavy atom. The molecular formula is C12H13BrF2O. The van der Waals surface area contributed by atoms with Crippen LogP contribution in [0.15, 0.2) is 28.8 Å². The fourth-order valence-corrected chi connectivity index (χ4v) is 1.79. The molecule has 0 spiro atoms. The van der Waals surface area contributed by atoms with Crippen LogP contribution in [-0.2, 0) is 0 Å². The van der Waals surface area contributed by atoms with E-state index in [1.165, 1.54) is 0 Å². The summed E-state index contributed by atoms with van der Waals surface area (Å²) in [4.78, 5) is 0. The number of hydrogen-bond donors (Lipinski definition) is 1. The van der Waals surface area contributed by atoms with Gasteiger partial charge in [-0.25, -0.2) is 8.78 Å². The Labute approximate surface area is 102 Å². The van der Waals surface area contributed by atoms with Crippen molar-refractivity contribution in [1.82, 2.24) is 0 Å². The molecule has 0 amide bonds. The second kappa shape index (κ2) is 5.55. The molecule has 1 aromatic rings. The summed E-state index contributed by atoms with van der Waals surface area (Å²) in [6.07, 6.45) is -0.330. The lowest BCUT2D eigenvalue weighted by Gasteiger charge is -2.14. The van der Waals surface area contributed by atoms with Gasteiger partial charge in [-0.2, -0.15) is 0 Å². The molecule has 0 saturated heterocycles. The van der Waals surface area contributed by atoms with Crippen molar-refractivity contribution in [3.63, 3.8) is 0 Å². The average molecular weight is 291 g/mol. The van der Waals surface area contributed by atoms with Crippen LogP contribution in [0.4, 0.5) is 8.78 Å². The highest BCUT2D eigenvalue weighted by Crippen LogP contribution is 2.28. The minimum Gasteiger partial charge on any atom is -0.388 e. The lowest BCUT2D eigenvalue weighted by atomic mass is 10.0. The Morgan fingerprint density at radius 1 is 1.44 bits per heavy atom. The zero-order valence-electron chi connectivity index (χ0n) is 8.93. The van der Waals surface area contributed by atoms with Crippen molar-refractivity contribution in [2.75, 3.05) is 0 Å². The van der Waals surface area contributed by atoms with Gasteiger partial charge in [0.05, 0.1) is 11.7 Å². The van der Waals surface area contributed by atoms with Gasteiger partial charge in [-0.1, -0.05) is 35.0 Å². The molecule has 0 aromatic heterocycles. The number of aliphatic hydroxyl groups is 1. The molecule has 1 nitrogen and oxygen atoms in total. The summed E-state index contributed by atoms with van der Waals surface area (Å²) in [5.74, 6) is -1.49. The van der Waals surface area contributed by atoms with Gasteiger partial charge >= 0.3 is 0 Å². The number of halogens is 3. The van der Waals surface area contributed by atoms with Gasteiger partial charge in [0, 0.05) is 4.47 Å². The van der Waals surface area contributed by atoms with E-state index in [-0.39, 0.29) is 12.0 Å². The molecule has 4 heteroatoms. The van der Waals surface area contributed by atoms with Crippen LogP contribution in [0, 0.1) is 11.6 Å². The van der Waals surface area contributed by atoms with Gasteiger partial charge in [-0.3, -0.25) is 0 Å². The Balaban J connectivity index is 2.99. The van der Waals surface area contributed by atoms with Gasteiger partial charge < -0.3 is 5.11 Å². The van der Waals surface area contributed by atoms with E-state index in [1.54, 1.807) is 0 Å². The van der Waals surface area contributed by atoms with Gasteiger partial charge in [-0.05, 0) is 25.0 Å². The number of benzene rings is 1. The maximum absolute atomic E-state index is 13.5. The first kappa shape index (κ1) is 13.3. The zero-order valence-corrected chi connectivity index (χ0v) is 10.5. The zero-order chi connectivity index (χ0) is 12.3. The monoisotopic (exact) mass is 290 g/mol. The predicted octanol–water partition coefficient (Wildman–Crippen LogP) is 4.12. The maximum atomic E-state index is 13.5. The van der Waals surface area contributed by atoms with Crippen LogP contribution in [0.1, 0.15) is 31.4 Å². The van der Waals surface area contributed by atoms with Crippen molar-refractivity contribution in [2.45, 2.75) is 25.9 Å². The number of rotatable bonds is 4. The Morgan fingerprint density at radius 2 is 1.94 bits per heavy atom. The quantitative estimate of drug-likeness (QED) is 0.827. The van der Waals surface area contributed by atoms with Crippen molar-refractivity contribution < 1.29 is 13.9 Å². The van der Waals surface area contributed by atoms with Crippen molar-refractivity contribution in [3.05, 3.63) is 46.0 Å². The fourth-order valence-electron chi connectivity index (χ4n) is 1.39. The van der Waals surface area contributed by atoms with Crippen LogP contribution < -0.4 is 0 Å². The van der Waals surface area contributed by atoms with Crippen LogP contribution in [0.5, 0.6) is 0 Å². The molecule has 0 fully saturated rings. The molecule has 0 radical (unpaired) electrons. The van der Waals surface area contributed by atoms with E-state index >= 15 is 0 Å². The molecule has 0 bridgehead atoms. The summed E-state index contributed by atoms with van der Waals surface area (Å²) < 4.78 is 27.2. The second-order valence-electron chi connectivity index (χ2n) is 3.61. The smallest absolute Gasteiger partial charge is 0.133 e. The minimum absolute atomic E-state index is 0.173. The summed E-state index contributed by atoms with van der Waals surface area (Å²) in [6, 6.07) is 2.27. The molecule has 1 rings (SSSR count). The molecule has 1 atom stereocenters. The van der Waals surface area contributed by atoms with Crippen molar-refractivity contribution in [2.24, 2.45) is 0 Å². The summed E-state index contributed by atoms with van der Waals surface area (Å²) in [5, 5.41) is 9.72. The highest BCUT2D eigenvalue weighted by atomic mass is 79.9. The first-order valence-corrected chi connectivity index (χ1v) is 5.74. The maximum Gasteiger partial charge on any atom is 0.133 e. The van der Waals surface area contributed by atoms with E-state index in [4.69, 9.17) is 0 Å². The van der Waals surface area contributed by atoms with Crippen molar-refractivity contribution in [3.8, 4) is 0 Å². The third-order valence-electron chi connectivity index (χ3n) is 2.36. The molecular weight excluding hydrogens is 278 g/mol. The normalized spacial score (nSPS) is 12.6. The van der Waals surface area contributed by atoms with Gasteiger partial charge in [0.25, 0.3) is 0 Å². The average Bonchev–Trinajstić information content (AvgIpc) is 2.15. The van der Waals surface area contributed by atoms with Crippen LogP contribution in [0.3, 0.4) is 0 Å². The Kier molecular flexibility index (Phi) is 4.62. The summed E-state index contributed by atoms with van der Waals surface area (Å²) in [5.41, 5.74) is 0.465. The highest BCUT2D eigenvalue weighted by Gasteiger charge is 2.19. The molecule has 1 N–H and O–H groups in total. The van der Waals surface area contributed by atoms with Crippen molar-refractivity contribution in [1.29, 1.82) is 0 Å². The Hall–Kier alpha value is -0.740. The van der Waals surface area contributed by atoms with E-state index in [1.807, 2.05) is 6.92 Å². The van der Waals surface area contributed by atoms with Crippen molar-refractivity contribution >= 4 is 15.9 Å². The molecule has 88 valence electrons. The molecule has 0 aliphatic carbocycles. The molecule has 0 aliphatic rings. The van der Waals surface area contributed by atoms with Crippen LogP contribution in [0.25, 0.3) is 0 Å². The first-order valence-electron chi connectivity index (χ1n) is 4.94. The summed E-state index contributed by atoms with van der Waals surface area (Å²) in [6.45, 7) is 5.58. The van der Waals surface area contributed by atoms with E-state index < -0.39 is 17.7 Å². The SMILES string of the molecule is C=C(CC)CC(O)c1c(F)cc(Br)cc1F. The predicted molar refractivity (Wildman–Crippen MR) is 63.1 cm³/mol. The van der Waals surface area contributed by atoms with Crippen LogP contribution in [0.2, 0.25) is 0 Å². The lowest BCUT2D eigenvalue weighted by Crippen LogP contribution is -2.05. The summed E-state index contributed by atoms with van der Waals surface area (Å²) in [7, 11) is 0. The standard InChI is InChI=1S/C12H13BrF2O/c1-3-7(2)4-11(16)12-9(14)5-8(13)6-10(12)15/h5-6,11,16H,2-4H2,1H3. The van der Waals surface area contributed by atoms with E-state index in [2.05, 4.69) is 22.5 Å². The fraction of sp³-hybridized carbons (Fsp3) is 0.333. The van der Waals surface area contributed by atoms with Gasteiger partial charge in [-0.15, -0.1) is 0 Å². The Bertz CT molecular complexity index is 381. The lowest BCUT2D eigenvalue weighted by molar-refractivity contribution is 0.167. The highest BCUT2D eigenvalue weighted by molar-refractivity contribution is 9.10. The molecule has 0 heterocycles. The summed E-state index contributed by atoms with van der Waals surface area (Å²) >= 11 is 2.98. The topological polar surface area (TPSA) is 20.2 Å². The molecule has 1 aromatic carbocycles. The minimum atomic E-state index is -1.18. The van der Waals surface area contributed by atoms with Gasteiger partial charge in [0.15, 0.2) is 0 Å². The number of aliphatic hydroxyl groups excluding tert-OH is 1. The van der Waals surface area contributed by atoms with E-state index in [9.17, 15) is 13.9 Å². The van der Waals surface area contributed by atoms with Crippen LogP contribution >= 0.6 is 15.9 Å². The van der Waals surface area contributed by atoms with E-state index in [0.717, 1.165) is 17.7 Å². The number of hydrogen-bond acceptors (Lipinski definition) is 1. The van der Waals surface area contributed by atoms with E-state index in [0.29, 0.717) is 10.9 Å². The molecule has 1 unspecified atom stereocenters. The van der Waals surface area contributed by atoms with Gasteiger partial charge in [0.1, 0.15) is 11.6 Å². The first-order chi connectivity index (χ1) is 7.45. The van der Waals surface area contributed by atoms with Gasteiger partial charge in [0.2, 0.25) is 0 Å². The third-order valence-corrected chi connectivity index (χ3v) is 2.82. The largest absolute Gasteiger partial charge is 0.388 e. The third kappa shape index (κ3) is 3.12. The molecule has 0 aliphatic heterocycles. The molecule has 16 heavy (non-hydrogen) atoms. The second-order valence-corrected chi connectivity index (χ2v) is 4.52.